The van der Waals surface area contributed by atoms with Crippen LogP contribution in [-0.2, 0) is 0 Å². The maximum atomic E-state index is 5.94. The molecule has 0 unspecified atom stereocenters. The van der Waals surface area contributed by atoms with Gasteiger partial charge in [0.15, 0.2) is 0 Å². The van der Waals surface area contributed by atoms with Crippen LogP contribution >= 0.6 is 0 Å². The predicted molar refractivity (Wildman–Crippen MR) is 95.5 cm³/mol. The maximum Gasteiger partial charge on any atom is 0.0577 e. The van der Waals surface area contributed by atoms with Crippen LogP contribution in [0.15, 0.2) is 42.5 Å². The first-order valence-corrected chi connectivity index (χ1v) is 7.78. The zero-order chi connectivity index (χ0) is 15.5. The van der Waals surface area contributed by atoms with Crippen molar-refractivity contribution in [2.24, 2.45) is 0 Å². The highest BCUT2D eigenvalue weighted by molar-refractivity contribution is 5.76. The van der Waals surface area contributed by atoms with E-state index in [2.05, 4.69) is 58.6 Å². The number of rotatable bonds is 3. The van der Waals surface area contributed by atoms with Gasteiger partial charge in [-0.15, -0.1) is 0 Å². The molecule has 2 aromatic rings. The molecule has 0 amide bonds. The van der Waals surface area contributed by atoms with Crippen LogP contribution in [-0.4, -0.2) is 45.2 Å². The molecule has 1 heterocycles. The van der Waals surface area contributed by atoms with Gasteiger partial charge in [-0.3, -0.25) is 0 Å². The third-order valence-electron chi connectivity index (χ3n) is 4.39. The van der Waals surface area contributed by atoms with Gasteiger partial charge in [0.05, 0.1) is 11.4 Å². The summed E-state index contributed by atoms with van der Waals surface area (Å²) in [6.07, 6.45) is 0. The second-order valence-corrected chi connectivity index (χ2v) is 5.89. The van der Waals surface area contributed by atoms with Crippen LogP contribution in [0.2, 0.25) is 0 Å². The molecule has 0 saturated carbocycles. The number of nitrogens with two attached hydrogens (primary N) is 1. The molecule has 1 aliphatic heterocycles. The van der Waals surface area contributed by atoms with E-state index in [4.69, 9.17) is 5.73 Å². The number of benzene rings is 2. The Hall–Kier alpha value is -2.20. The van der Waals surface area contributed by atoms with E-state index < -0.39 is 0 Å². The van der Waals surface area contributed by atoms with E-state index in [9.17, 15) is 0 Å². The van der Waals surface area contributed by atoms with Gasteiger partial charge in [0.2, 0.25) is 0 Å². The Labute approximate surface area is 132 Å². The lowest BCUT2D eigenvalue weighted by Crippen LogP contribution is -2.44. The van der Waals surface area contributed by atoms with Gasteiger partial charge in [0, 0.05) is 38.9 Å². The van der Waals surface area contributed by atoms with E-state index in [1.807, 2.05) is 13.1 Å². The first kappa shape index (κ1) is 14.7. The van der Waals surface area contributed by atoms with Crippen LogP contribution in [0.3, 0.4) is 0 Å². The highest BCUT2D eigenvalue weighted by atomic mass is 15.2. The first-order valence-electron chi connectivity index (χ1n) is 7.78. The average Bonchev–Trinajstić information content (AvgIpc) is 2.56. The first-order chi connectivity index (χ1) is 10.7. The number of hydrogen-bond donors (Lipinski definition) is 2. The van der Waals surface area contributed by atoms with Crippen LogP contribution in [0.1, 0.15) is 0 Å². The van der Waals surface area contributed by atoms with Gasteiger partial charge in [-0.2, -0.15) is 0 Å². The van der Waals surface area contributed by atoms with Crippen molar-refractivity contribution in [1.82, 2.24) is 4.90 Å². The SMILES string of the molecule is CNc1cc(-c2ccc(N3CCN(C)CC3)cc2)ccc1N. The lowest BCUT2D eigenvalue weighted by molar-refractivity contribution is 0.313. The largest absolute Gasteiger partial charge is 0.397 e. The molecule has 2 aromatic carbocycles. The second-order valence-electron chi connectivity index (χ2n) is 5.89. The molecule has 0 aliphatic carbocycles. The summed E-state index contributed by atoms with van der Waals surface area (Å²) in [6.45, 7) is 4.46. The van der Waals surface area contributed by atoms with Crippen LogP contribution in [0.5, 0.6) is 0 Å². The zero-order valence-electron chi connectivity index (χ0n) is 13.3. The third-order valence-corrected chi connectivity index (χ3v) is 4.39. The van der Waals surface area contributed by atoms with Crippen molar-refractivity contribution in [3.05, 3.63) is 42.5 Å². The molecule has 3 N–H and O–H groups in total. The monoisotopic (exact) mass is 296 g/mol. The Balaban J connectivity index is 1.79. The Bertz CT molecular complexity index is 628. The fraction of sp³-hybridized carbons (Fsp3) is 0.333. The number of piperazine rings is 1. The van der Waals surface area contributed by atoms with Gasteiger partial charge >= 0.3 is 0 Å². The Kier molecular flexibility index (Phi) is 4.20. The van der Waals surface area contributed by atoms with Crippen LogP contribution < -0.4 is 16.0 Å². The topological polar surface area (TPSA) is 44.5 Å². The molecule has 0 radical (unpaired) electrons. The molecule has 116 valence electrons. The van der Waals surface area contributed by atoms with E-state index in [-0.39, 0.29) is 0 Å². The van der Waals surface area contributed by atoms with E-state index in [1.165, 1.54) is 16.8 Å². The molecule has 22 heavy (non-hydrogen) atoms. The molecule has 1 fully saturated rings. The van der Waals surface area contributed by atoms with Crippen molar-refractivity contribution in [3.8, 4) is 11.1 Å². The van der Waals surface area contributed by atoms with Crippen molar-refractivity contribution in [3.63, 3.8) is 0 Å². The van der Waals surface area contributed by atoms with Crippen molar-refractivity contribution < 1.29 is 0 Å². The summed E-state index contributed by atoms with van der Waals surface area (Å²) in [5, 5.41) is 3.13. The minimum atomic E-state index is 0.778. The number of hydrogen-bond acceptors (Lipinski definition) is 4. The Morgan fingerprint density at radius 3 is 2.18 bits per heavy atom. The van der Waals surface area contributed by atoms with Gasteiger partial charge in [0.25, 0.3) is 0 Å². The van der Waals surface area contributed by atoms with Gasteiger partial charge in [-0.25, -0.2) is 0 Å². The lowest BCUT2D eigenvalue weighted by atomic mass is 10.0. The fourth-order valence-electron chi connectivity index (χ4n) is 2.88. The third kappa shape index (κ3) is 3.02. The summed E-state index contributed by atoms with van der Waals surface area (Å²) >= 11 is 0. The minimum absolute atomic E-state index is 0.778. The van der Waals surface area contributed by atoms with Crippen molar-refractivity contribution in [2.45, 2.75) is 0 Å². The highest BCUT2D eigenvalue weighted by Gasteiger charge is 2.14. The van der Waals surface area contributed by atoms with Gasteiger partial charge in [-0.1, -0.05) is 18.2 Å². The summed E-state index contributed by atoms with van der Waals surface area (Å²) in [5.74, 6) is 0. The maximum absolute atomic E-state index is 5.94. The molecule has 0 atom stereocenters. The molecule has 0 aromatic heterocycles. The van der Waals surface area contributed by atoms with Gasteiger partial charge in [-0.05, 0) is 42.4 Å². The van der Waals surface area contributed by atoms with E-state index in [1.54, 1.807) is 0 Å². The highest BCUT2D eigenvalue weighted by Crippen LogP contribution is 2.28. The summed E-state index contributed by atoms with van der Waals surface area (Å²) in [7, 11) is 4.08. The number of nitrogen functional groups attached to an aromatic ring is 1. The van der Waals surface area contributed by atoms with E-state index in [0.717, 1.165) is 37.6 Å². The number of nitrogens with zero attached hydrogens (tertiary/aromatic N) is 2. The summed E-state index contributed by atoms with van der Waals surface area (Å²) < 4.78 is 0. The molecule has 1 aliphatic rings. The molecule has 3 rings (SSSR count). The zero-order valence-corrected chi connectivity index (χ0v) is 13.3. The molecular formula is C18H24N4. The van der Waals surface area contributed by atoms with Crippen molar-refractivity contribution in [2.75, 3.05) is 56.2 Å². The van der Waals surface area contributed by atoms with Crippen LogP contribution in [0.4, 0.5) is 17.1 Å². The molecule has 0 spiro atoms. The molecule has 0 bridgehead atoms. The van der Waals surface area contributed by atoms with Crippen molar-refractivity contribution >= 4 is 17.1 Å². The number of anilines is 3. The normalized spacial score (nSPS) is 15.8. The summed E-state index contributed by atoms with van der Waals surface area (Å²) in [6, 6.07) is 14.9. The summed E-state index contributed by atoms with van der Waals surface area (Å²) in [5.41, 5.74) is 11.4. The predicted octanol–water partition coefficient (Wildman–Crippen LogP) is 2.73. The Morgan fingerprint density at radius 2 is 1.55 bits per heavy atom. The lowest BCUT2D eigenvalue weighted by Gasteiger charge is -2.34. The second kappa shape index (κ2) is 6.28. The number of likely N-dealkylation sites (N-methyl/N-ethyl adjacent to an activating group) is 1. The Morgan fingerprint density at radius 1 is 0.909 bits per heavy atom. The van der Waals surface area contributed by atoms with E-state index >= 15 is 0 Å². The van der Waals surface area contributed by atoms with Crippen LogP contribution in [0, 0.1) is 0 Å². The van der Waals surface area contributed by atoms with Gasteiger partial charge in [0.1, 0.15) is 0 Å². The average molecular weight is 296 g/mol. The number of nitrogens with one attached hydrogen (secondary N) is 1. The minimum Gasteiger partial charge on any atom is -0.397 e. The molecule has 1 saturated heterocycles. The van der Waals surface area contributed by atoms with E-state index in [0.29, 0.717) is 0 Å². The summed E-state index contributed by atoms with van der Waals surface area (Å²) in [4.78, 5) is 4.82. The quantitative estimate of drug-likeness (QED) is 0.855. The molecular weight excluding hydrogens is 272 g/mol. The van der Waals surface area contributed by atoms with Crippen molar-refractivity contribution in [1.29, 1.82) is 0 Å². The molecule has 4 nitrogen and oxygen atoms in total. The standard InChI is InChI=1S/C18H24N4/c1-20-18-13-15(5-8-17(18)19)14-3-6-16(7-4-14)22-11-9-21(2)10-12-22/h3-8,13,20H,9-12,19H2,1-2H3. The molecule has 4 heteroatoms. The van der Waals surface area contributed by atoms with Gasteiger partial charge < -0.3 is 20.9 Å². The fourth-order valence-corrected chi connectivity index (χ4v) is 2.88. The smallest absolute Gasteiger partial charge is 0.0577 e. The van der Waals surface area contributed by atoms with Crippen LogP contribution in [0.25, 0.3) is 11.1 Å².